The second-order valence-corrected chi connectivity index (χ2v) is 9.40. The standard InChI is InChI=1S/C20H21N3O2S2/c1-12-10-13(11-16-17(12)22-19(21)27-16)18(24)23-6-4-20(5-7-23)14-3-9-26-15(14)2-8-25-20/h3,9-11H,2,4-8H2,1H3,(H2,21,22). The zero-order valence-corrected chi connectivity index (χ0v) is 16.8. The average Bonchev–Trinajstić information content (AvgIpc) is 3.29. The van der Waals surface area contributed by atoms with Crippen LogP contribution in [0.3, 0.4) is 0 Å². The van der Waals surface area contributed by atoms with Gasteiger partial charge in [-0.15, -0.1) is 11.3 Å². The van der Waals surface area contributed by atoms with Gasteiger partial charge >= 0.3 is 0 Å². The molecule has 5 nitrogen and oxygen atoms in total. The number of piperidine rings is 1. The van der Waals surface area contributed by atoms with Crippen molar-refractivity contribution >= 4 is 43.9 Å². The van der Waals surface area contributed by atoms with Crippen LogP contribution in [0.4, 0.5) is 5.13 Å². The van der Waals surface area contributed by atoms with E-state index in [4.69, 9.17) is 10.5 Å². The molecule has 0 saturated carbocycles. The first-order valence-corrected chi connectivity index (χ1v) is 10.9. The SMILES string of the molecule is Cc1cc(C(=O)N2CCC3(CC2)OCCc2sccc23)cc2sc(N)nc12. The van der Waals surface area contributed by atoms with E-state index in [1.54, 1.807) is 0 Å². The number of anilines is 1. The molecule has 7 heteroatoms. The molecule has 0 bridgehead atoms. The fourth-order valence-electron chi connectivity index (χ4n) is 4.36. The Bertz CT molecular complexity index is 1030. The lowest BCUT2D eigenvalue weighted by Crippen LogP contribution is -2.48. The van der Waals surface area contributed by atoms with E-state index in [-0.39, 0.29) is 11.5 Å². The Labute approximate surface area is 165 Å². The summed E-state index contributed by atoms with van der Waals surface area (Å²) in [5, 5.41) is 2.70. The van der Waals surface area contributed by atoms with E-state index in [9.17, 15) is 4.79 Å². The number of hydrogen-bond acceptors (Lipinski definition) is 6. The Hall–Kier alpha value is -1.96. The maximum atomic E-state index is 13.1. The van der Waals surface area contributed by atoms with Crippen molar-refractivity contribution in [1.82, 2.24) is 9.88 Å². The van der Waals surface area contributed by atoms with Gasteiger partial charge in [0.25, 0.3) is 5.91 Å². The summed E-state index contributed by atoms with van der Waals surface area (Å²) >= 11 is 3.26. The molecule has 5 rings (SSSR count). The van der Waals surface area contributed by atoms with Gasteiger partial charge in [0, 0.05) is 30.0 Å². The van der Waals surface area contributed by atoms with E-state index in [1.165, 1.54) is 21.8 Å². The molecule has 140 valence electrons. The molecule has 2 aliphatic rings. The molecule has 2 N–H and O–H groups in total. The van der Waals surface area contributed by atoms with Crippen molar-refractivity contribution in [1.29, 1.82) is 0 Å². The molecule has 1 aromatic carbocycles. The van der Waals surface area contributed by atoms with Crippen LogP contribution in [-0.2, 0) is 16.8 Å². The Kier molecular flexibility index (Phi) is 4.00. The fourth-order valence-corrected chi connectivity index (χ4v) is 6.16. The van der Waals surface area contributed by atoms with Crippen LogP contribution in [0.5, 0.6) is 0 Å². The summed E-state index contributed by atoms with van der Waals surface area (Å²) in [5.41, 5.74) is 9.60. The number of thiophene rings is 1. The van der Waals surface area contributed by atoms with Crippen molar-refractivity contribution in [3.8, 4) is 0 Å². The number of benzene rings is 1. The van der Waals surface area contributed by atoms with Gasteiger partial charge in [0.1, 0.15) is 0 Å². The minimum absolute atomic E-state index is 0.0863. The molecule has 0 aliphatic carbocycles. The number of fused-ring (bicyclic) bond motifs is 3. The lowest BCUT2D eigenvalue weighted by atomic mass is 9.82. The van der Waals surface area contributed by atoms with Gasteiger partial charge in [-0.25, -0.2) is 4.98 Å². The summed E-state index contributed by atoms with van der Waals surface area (Å²) in [7, 11) is 0. The average molecular weight is 400 g/mol. The minimum Gasteiger partial charge on any atom is -0.375 e. The van der Waals surface area contributed by atoms with Crippen molar-refractivity contribution < 1.29 is 9.53 Å². The lowest BCUT2D eigenvalue weighted by Gasteiger charge is -2.44. The highest BCUT2D eigenvalue weighted by Gasteiger charge is 2.42. The van der Waals surface area contributed by atoms with Gasteiger partial charge in [-0.3, -0.25) is 4.79 Å². The summed E-state index contributed by atoms with van der Waals surface area (Å²) < 4.78 is 7.23. The molecule has 2 aliphatic heterocycles. The summed E-state index contributed by atoms with van der Waals surface area (Å²) in [6.07, 6.45) is 2.73. The molecule has 3 aromatic rings. The van der Waals surface area contributed by atoms with Crippen molar-refractivity contribution in [2.75, 3.05) is 25.4 Å². The molecule has 0 atom stereocenters. The number of amides is 1. The number of carbonyl (C=O) groups is 1. The van der Waals surface area contributed by atoms with Gasteiger partial charge < -0.3 is 15.4 Å². The van der Waals surface area contributed by atoms with Gasteiger partial charge in [-0.2, -0.15) is 0 Å². The lowest BCUT2D eigenvalue weighted by molar-refractivity contribution is -0.0926. The third-order valence-electron chi connectivity index (χ3n) is 5.75. The van der Waals surface area contributed by atoms with E-state index in [2.05, 4.69) is 16.4 Å². The quantitative estimate of drug-likeness (QED) is 0.673. The van der Waals surface area contributed by atoms with Gasteiger partial charge in [0.05, 0.1) is 22.4 Å². The van der Waals surface area contributed by atoms with Gasteiger partial charge in [0.15, 0.2) is 5.13 Å². The second kappa shape index (κ2) is 6.29. The number of carbonyl (C=O) groups excluding carboxylic acids is 1. The monoisotopic (exact) mass is 399 g/mol. The first-order valence-electron chi connectivity index (χ1n) is 9.22. The molecule has 0 unspecified atom stereocenters. The number of nitrogens with zero attached hydrogens (tertiary/aromatic N) is 2. The van der Waals surface area contributed by atoms with Crippen molar-refractivity contribution in [3.63, 3.8) is 0 Å². The van der Waals surface area contributed by atoms with E-state index in [0.29, 0.717) is 5.13 Å². The van der Waals surface area contributed by atoms with Crippen LogP contribution >= 0.6 is 22.7 Å². The maximum Gasteiger partial charge on any atom is 0.253 e. The molecule has 2 aromatic heterocycles. The highest BCUT2D eigenvalue weighted by atomic mass is 32.1. The molecule has 1 saturated heterocycles. The normalized spacial score (nSPS) is 18.8. The largest absolute Gasteiger partial charge is 0.375 e. The number of likely N-dealkylation sites (tertiary alicyclic amines) is 1. The third-order valence-corrected chi connectivity index (χ3v) is 7.56. The molecule has 1 fully saturated rings. The van der Waals surface area contributed by atoms with Crippen LogP contribution in [0.2, 0.25) is 0 Å². The predicted octanol–water partition coefficient (Wildman–Crippen LogP) is 3.95. The van der Waals surface area contributed by atoms with Crippen molar-refractivity contribution in [2.24, 2.45) is 0 Å². The van der Waals surface area contributed by atoms with Crippen LogP contribution in [0.1, 0.15) is 39.2 Å². The second-order valence-electron chi connectivity index (χ2n) is 7.33. The number of aromatic nitrogens is 1. The first-order chi connectivity index (χ1) is 13.1. The van der Waals surface area contributed by atoms with Crippen LogP contribution in [0.15, 0.2) is 23.6 Å². The van der Waals surface area contributed by atoms with Crippen LogP contribution in [0, 0.1) is 6.92 Å². The molecule has 0 radical (unpaired) electrons. The van der Waals surface area contributed by atoms with Crippen molar-refractivity contribution in [2.45, 2.75) is 31.8 Å². The molecule has 27 heavy (non-hydrogen) atoms. The molecule has 4 heterocycles. The summed E-state index contributed by atoms with van der Waals surface area (Å²) in [6, 6.07) is 6.07. The van der Waals surface area contributed by atoms with E-state index in [1.807, 2.05) is 35.3 Å². The number of aryl methyl sites for hydroxylation is 1. The number of thiazole rings is 1. The molecule has 1 amide bonds. The molecular formula is C20H21N3O2S2. The van der Waals surface area contributed by atoms with E-state index < -0.39 is 0 Å². The Morgan fingerprint density at radius 1 is 1.33 bits per heavy atom. The van der Waals surface area contributed by atoms with Crippen LogP contribution < -0.4 is 5.73 Å². The number of hydrogen-bond donors (Lipinski definition) is 1. The number of nitrogens with two attached hydrogens (primary N) is 1. The first kappa shape index (κ1) is 17.2. The summed E-state index contributed by atoms with van der Waals surface area (Å²) in [4.78, 5) is 20.9. The van der Waals surface area contributed by atoms with E-state index in [0.717, 1.165) is 60.3 Å². The highest BCUT2D eigenvalue weighted by Crippen LogP contribution is 2.43. The smallest absolute Gasteiger partial charge is 0.253 e. The summed E-state index contributed by atoms with van der Waals surface area (Å²) in [6.45, 7) is 4.20. The zero-order chi connectivity index (χ0) is 18.6. The van der Waals surface area contributed by atoms with Crippen LogP contribution in [-0.4, -0.2) is 35.5 Å². The van der Waals surface area contributed by atoms with Crippen molar-refractivity contribution in [3.05, 3.63) is 45.1 Å². The predicted molar refractivity (Wildman–Crippen MR) is 110 cm³/mol. The number of ether oxygens (including phenoxy) is 1. The molecule has 1 spiro atoms. The Balaban J connectivity index is 1.38. The highest BCUT2D eigenvalue weighted by molar-refractivity contribution is 7.22. The zero-order valence-electron chi connectivity index (χ0n) is 15.2. The van der Waals surface area contributed by atoms with Gasteiger partial charge in [0.2, 0.25) is 0 Å². The maximum absolute atomic E-state index is 13.1. The fraction of sp³-hybridized carbons (Fsp3) is 0.400. The van der Waals surface area contributed by atoms with Gasteiger partial charge in [-0.05, 0) is 54.5 Å². The Morgan fingerprint density at radius 2 is 2.15 bits per heavy atom. The van der Waals surface area contributed by atoms with Crippen LogP contribution in [0.25, 0.3) is 10.2 Å². The van der Waals surface area contributed by atoms with Gasteiger partial charge in [-0.1, -0.05) is 11.3 Å². The third kappa shape index (κ3) is 2.76. The molecular weight excluding hydrogens is 378 g/mol. The minimum atomic E-state index is -0.198. The summed E-state index contributed by atoms with van der Waals surface area (Å²) in [5.74, 6) is 0.0863. The van der Waals surface area contributed by atoms with E-state index >= 15 is 0 Å². The topological polar surface area (TPSA) is 68.5 Å². The number of rotatable bonds is 1. The number of nitrogen functional groups attached to an aromatic ring is 1. The Morgan fingerprint density at radius 3 is 2.96 bits per heavy atom.